The fraction of sp³-hybridized carbons (Fsp3) is 0.333. The summed E-state index contributed by atoms with van der Waals surface area (Å²) in [5.74, 6) is 0. The number of rotatable bonds is 3. The average molecular weight is 334 g/mol. The quantitative estimate of drug-likeness (QED) is 0.776. The van der Waals surface area contributed by atoms with Gasteiger partial charge in [-0.15, -0.1) is 0 Å². The van der Waals surface area contributed by atoms with Crippen molar-refractivity contribution in [2.45, 2.75) is 13.8 Å². The highest BCUT2D eigenvalue weighted by atomic mass is 31.2. The van der Waals surface area contributed by atoms with Crippen molar-refractivity contribution in [2.75, 3.05) is 26.7 Å². The molecule has 0 aliphatic carbocycles. The number of hydrogen-bond acceptors (Lipinski definition) is 2. The molecule has 2 nitrogen and oxygen atoms in total. The van der Waals surface area contributed by atoms with Gasteiger partial charge >= 0.3 is 0 Å². The normalized spacial score (nSPS) is 12.5. The molecule has 0 aliphatic rings. The summed E-state index contributed by atoms with van der Waals surface area (Å²) in [5, 5.41) is 1.74. The summed E-state index contributed by atoms with van der Waals surface area (Å²) >= 11 is 0. The fourth-order valence-corrected chi connectivity index (χ4v) is 5.40. The lowest BCUT2D eigenvalue weighted by Gasteiger charge is -2.22. The van der Waals surface area contributed by atoms with Crippen molar-refractivity contribution in [1.29, 1.82) is 0 Å². The van der Waals surface area contributed by atoms with Gasteiger partial charge in [-0.25, -0.2) is 0 Å². The van der Waals surface area contributed by atoms with Crippen LogP contribution in [0.2, 0.25) is 0 Å². The van der Waals surface area contributed by atoms with Crippen LogP contribution in [0.4, 0.5) is 0 Å². The molecule has 0 radical (unpaired) electrons. The SMILES string of the molecule is Cc1cccc(P(C)(C)=O)c1-c1c(C)cccc1P(C)(C)=O. The number of benzene rings is 2. The van der Waals surface area contributed by atoms with Gasteiger partial charge in [-0.05, 0) is 62.8 Å². The minimum Gasteiger partial charge on any atom is -0.319 e. The lowest BCUT2D eigenvalue weighted by atomic mass is 9.96. The lowest BCUT2D eigenvalue weighted by Crippen LogP contribution is -2.16. The van der Waals surface area contributed by atoms with Crippen molar-refractivity contribution in [1.82, 2.24) is 0 Å². The molecule has 22 heavy (non-hydrogen) atoms. The molecule has 0 aliphatic heterocycles. The van der Waals surface area contributed by atoms with E-state index in [0.29, 0.717) is 0 Å². The Labute approximate surface area is 133 Å². The smallest absolute Gasteiger partial charge is 0.110 e. The molecule has 118 valence electrons. The van der Waals surface area contributed by atoms with Crippen LogP contribution in [0.3, 0.4) is 0 Å². The van der Waals surface area contributed by atoms with Crippen LogP contribution in [-0.2, 0) is 9.13 Å². The molecule has 0 bridgehead atoms. The van der Waals surface area contributed by atoms with E-state index in [4.69, 9.17) is 0 Å². The predicted octanol–water partition coefficient (Wildman–Crippen LogP) is 4.47. The largest absolute Gasteiger partial charge is 0.319 e. The van der Waals surface area contributed by atoms with E-state index in [1.165, 1.54) is 0 Å². The zero-order valence-corrected chi connectivity index (χ0v) is 16.0. The van der Waals surface area contributed by atoms with E-state index in [1.54, 1.807) is 26.7 Å². The molecule has 0 spiro atoms. The van der Waals surface area contributed by atoms with E-state index in [1.807, 2.05) is 50.2 Å². The fourth-order valence-electron chi connectivity index (χ4n) is 2.85. The third-order valence-electron chi connectivity index (χ3n) is 3.91. The Kier molecular flexibility index (Phi) is 4.58. The maximum Gasteiger partial charge on any atom is 0.110 e. The second kappa shape index (κ2) is 5.84. The molecule has 0 heterocycles. The summed E-state index contributed by atoms with van der Waals surface area (Å²) < 4.78 is 25.5. The summed E-state index contributed by atoms with van der Waals surface area (Å²) in [7, 11) is -4.86. The van der Waals surface area contributed by atoms with Gasteiger partial charge in [0.2, 0.25) is 0 Å². The maximum absolute atomic E-state index is 12.8. The van der Waals surface area contributed by atoms with Crippen LogP contribution < -0.4 is 10.6 Å². The van der Waals surface area contributed by atoms with Crippen LogP contribution in [0, 0.1) is 13.8 Å². The molecule has 0 fully saturated rings. The minimum atomic E-state index is -2.43. The Hall–Kier alpha value is -1.10. The van der Waals surface area contributed by atoms with E-state index in [-0.39, 0.29) is 0 Å². The van der Waals surface area contributed by atoms with Gasteiger partial charge in [-0.3, -0.25) is 0 Å². The van der Waals surface area contributed by atoms with Crippen LogP contribution in [0.15, 0.2) is 36.4 Å². The number of aryl methyl sites for hydroxylation is 2. The lowest BCUT2D eigenvalue weighted by molar-refractivity contribution is 0.587. The summed E-state index contributed by atoms with van der Waals surface area (Å²) in [4.78, 5) is 0. The van der Waals surface area contributed by atoms with Crippen LogP contribution in [-0.4, -0.2) is 26.7 Å². The molecule has 0 unspecified atom stereocenters. The molecule has 2 aromatic rings. The monoisotopic (exact) mass is 334 g/mol. The molecule has 0 aromatic heterocycles. The van der Waals surface area contributed by atoms with Crippen molar-refractivity contribution in [2.24, 2.45) is 0 Å². The summed E-state index contributed by atoms with van der Waals surface area (Å²) in [6, 6.07) is 11.8. The Balaban J connectivity index is 2.96. The Morgan fingerprint density at radius 3 is 1.23 bits per heavy atom. The molecule has 0 atom stereocenters. The van der Waals surface area contributed by atoms with Crippen LogP contribution in [0.25, 0.3) is 11.1 Å². The Morgan fingerprint density at radius 1 is 0.636 bits per heavy atom. The van der Waals surface area contributed by atoms with Crippen LogP contribution >= 0.6 is 14.3 Å². The Morgan fingerprint density at radius 2 is 0.955 bits per heavy atom. The second-order valence-electron chi connectivity index (χ2n) is 6.64. The van der Waals surface area contributed by atoms with Crippen molar-refractivity contribution in [3.63, 3.8) is 0 Å². The molecule has 0 saturated heterocycles. The van der Waals surface area contributed by atoms with Gasteiger partial charge in [0.05, 0.1) is 0 Å². The first-order valence-electron chi connectivity index (χ1n) is 7.34. The zero-order valence-electron chi connectivity index (χ0n) is 14.2. The van der Waals surface area contributed by atoms with Gasteiger partial charge in [0.1, 0.15) is 14.3 Å². The first kappa shape index (κ1) is 17.3. The van der Waals surface area contributed by atoms with Crippen LogP contribution in [0.1, 0.15) is 11.1 Å². The van der Waals surface area contributed by atoms with Gasteiger partial charge in [0.25, 0.3) is 0 Å². The number of hydrogen-bond donors (Lipinski definition) is 0. The van der Waals surface area contributed by atoms with Gasteiger partial charge < -0.3 is 9.13 Å². The van der Waals surface area contributed by atoms with Crippen molar-refractivity contribution < 1.29 is 9.13 Å². The summed E-state index contributed by atoms with van der Waals surface area (Å²) in [6.07, 6.45) is 0. The highest BCUT2D eigenvalue weighted by molar-refractivity contribution is 7.71. The van der Waals surface area contributed by atoms with E-state index >= 15 is 0 Å². The molecule has 0 N–H and O–H groups in total. The molecule has 4 heteroatoms. The minimum absolute atomic E-state index is 0.872. The highest BCUT2D eigenvalue weighted by Gasteiger charge is 2.25. The van der Waals surface area contributed by atoms with E-state index < -0.39 is 14.3 Å². The zero-order chi connectivity index (χ0) is 16.7. The summed E-state index contributed by atoms with van der Waals surface area (Å²) in [5.41, 5.74) is 4.14. The van der Waals surface area contributed by atoms with E-state index in [2.05, 4.69) is 0 Å². The van der Waals surface area contributed by atoms with Crippen LogP contribution in [0.5, 0.6) is 0 Å². The van der Waals surface area contributed by atoms with Crippen molar-refractivity contribution >= 4 is 24.9 Å². The van der Waals surface area contributed by atoms with E-state index in [0.717, 1.165) is 32.9 Å². The topological polar surface area (TPSA) is 34.1 Å². The molecule has 0 amide bonds. The second-order valence-corrected chi connectivity index (χ2v) is 13.0. The standard InChI is InChI=1S/C18H24O2P2/c1-13-9-7-11-15(21(3,4)19)17(13)18-14(2)10-8-12-16(18)22(5,6)20/h7-12H,1-6H3. The van der Waals surface area contributed by atoms with Crippen molar-refractivity contribution in [3.05, 3.63) is 47.5 Å². The molecular weight excluding hydrogens is 310 g/mol. The van der Waals surface area contributed by atoms with Gasteiger partial charge in [-0.2, -0.15) is 0 Å². The van der Waals surface area contributed by atoms with E-state index in [9.17, 15) is 9.13 Å². The molecular formula is C18H24O2P2. The predicted molar refractivity (Wildman–Crippen MR) is 99.5 cm³/mol. The third-order valence-corrected chi connectivity index (χ3v) is 6.98. The molecule has 2 rings (SSSR count). The molecule has 2 aromatic carbocycles. The van der Waals surface area contributed by atoms with Gasteiger partial charge in [0.15, 0.2) is 0 Å². The highest BCUT2D eigenvalue weighted by Crippen LogP contribution is 2.44. The maximum atomic E-state index is 12.8. The first-order valence-corrected chi connectivity index (χ1v) is 12.5. The van der Waals surface area contributed by atoms with Gasteiger partial charge in [-0.1, -0.05) is 36.4 Å². The average Bonchev–Trinajstić information content (AvgIpc) is 2.36. The first-order chi connectivity index (χ1) is 10.0. The summed E-state index contributed by atoms with van der Waals surface area (Å²) in [6.45, 7) is 11.2. The van der Waals surface area contributed by atoms with Gasteiger partial charge in [0, 0.05) is 10.6 Å². The Bertz CT molecular complexity index is 740. The third kappa shape index (κ3) is 3.29. The van der Waals surface area contributed by atoms with Crippen molar-refractivity contribution in [3.8, 4) is 11.1 Å². The molecule has 0 saturated carbocycles.